The molecule has 23 heavy (non-hydrogen) atoms. The standard InChI is InChI=1S/C16H24N6O/c1-9(2)12-8-13(18-16(17-12)21(5)6)15(23)19-14-10(3)20-22(7)11(14)4/h8-9H,1-7H3,(H,19,23). The topological polar surface area (TPSA) is 75.9 Å². The van der Waals surface area contributed by atoms with Crippen molar-refractivity contribution in [2.45, 2.75) is 33.6 Å². The van der Waals surface area contributed by atoms with Crippen molar-refractivity contribution in [3.63, 3.8) is 0 Å². The van der Waals surface area contributed by atoms with Crippen molar-refractivity contribution in [3.05, 3.63) is 28.8 Å². The molecule has 7 heteroatoms. The Morgan fingerprint density at radius 2 is 1.91 bits per heavy atom. The van der Waals surface area contributed by atoms with E-state index >= 15 is 0 Å². The fraction of sp³-hybridized carbons (Fsp3) is 0.500. The van der Waals surface area contributed by atoms with E-state index in [4.69, 9.17) is 0 Å². The van der Waals surface area contributed by atoms with Crippen molar-refractivity contribution in [2.75, 3.05) is 24.3 Å². The molecule has 0 unspecified atom stereocenters. The predicted molar refractivity (Wildman–Crippen MR) is 91.1 cm³/mol. The van der Waals surface area contributed by atoms with E-state index in [0.29, 0.717) is 11.6 Å². The molecule has 0 aliphatic heterocycles. The summed E-state index contributed by atoms with van der Waals surface area (Å²) >= 11 is 0. The lowest BCUT2D eigenvalue weighted by Gasteiger charge is -2.15. The van der Waals surface area contributed by atoms with Gasteiger partial charge in [0.25, 0.3) is 5.91 Å². The average Bonchev–Trinajstić information content (AvgIpc) is 2.73. The van der Waals surface area contributed by atoms with Gasteiger partial charge in [-0.2, -0.15) is 5.10 Å². The number of carbonyl (C=O) groups is 1. The molecule has 1 N–H and O–H groups in total. The molecule has 7 nitrogen and oxygen atoms in total. The van der Waals surface area contributed by atoms with Crippen LogP contribution in [0.5, 0.6) is 0 Å². The first-order valence-corrected chi connectivity index (χ1v) is 7.58. The molecule has 0 atom stereocenters. The minimum atomic E-state index is -0.253. The smallest absolute Gasteiger partial charge is 0.274 e. The SMILES string of the molecule is Cc1nn(C)c(C)c1NC(=O)c1cc(C(C)C)nc(N(C)C)n1. The first kappa shape index (κ1) is 16.9. The average molecular weight is 316 g/mol. The summed E-state index contributed by atoms with van der Waals surface area (Å²) < 4.78 is 1.75. The highest BCUT2D eigenvalue weighted by atomic mass is 16.1. The lowest BCUT2D eigenvalue weighted by atomic mass is 10.1. The third-order valence-electron chi connectivity index (χ3n) is 3.71. The van der Waals surface area contributed by atoms with Crippen LogP contribution in [0.25, 0.3) is 0 Å². The van der Waals surface area contributed by atoms with Crippen molar-refractivity contribution in [1.29, 1.82) is 0 Å². The van der Waals surface area contributed by atoms with Gasteiger partial charge < -0.3 is 10.2 Å². The maximum absolute atomic E-state index is 12.6. The van der Waals surface area contributed by atoms with Gasteiger partial charge in [-0.1, -0.05) is 13.8 Å². The van der Waals surface area contributed by atoms with E-state index in [-0.39, 0.29) is 11.8 Å². The Morgan fingerprint density at radius 3 is 2.39 bits per heavy atom. The monoisotopic (exact) mass is 316 g/mol. The quantitative estimate of drug-likeness (QED) is 0.936. The van der Waals surface area contributed by atoms with E-state index in [1.165, 1.54) is 0 Å². The number of rotatable bonds is 4. The van der Waals surface area contributed by atoms with Crippen molar-refractivity contribution in [1.82, 2.24) is 19.7 Å². The Labute approximate surface area is 136 Å². The first-order chi connectivity index (χ1) is 10.7. The Hall–Kier alpha value is -2.44. The van der Waals surface area contributed by atoms with Crippen LogP contribution in [0.1, 0.15) is 47.3 Å². The Morgan fingerprint density at radius 1 is 1.26 bits per heavy atom. The normalized spacial score (nSPS) is 11.0. The van der Waals surface area contributed by atoms with Crippen LogP contribution >= 0.6 is 0 Å². The van der Waals surface area contributed by atoms with E-state index in [9.17, 15) is 4.79 Å². The second kappa shape index (κ2) is 6.36. The summed E-state index contributed by atoms with van der Waals surface area (Å²) in [7, 11) is 5.57. The van der Waals surface area contributed by atoms with Crippen LogP contribution in [0, 0.1) is 13.8 Å². The first-order valence-electron chi connectivity index (χ1n) is 7.58. The fourth-order valence-corrected chi connectivity index (χ4v) is 2.20. The molecular weight excluding hydrogens is 292 g/mol. The molecule has 2 heterocycles. The molecule has 2 aromatic rings. The summed E-state index contributed by atoms with van der Waals surface area (Å²) in [6.07, 6.45) is 0. The van der Waals surface area contributed by atoms with E-state index in [1.54, 1.807) is 15.6 Å². The molecule has 1 amide bonds. The molecule has 0 saturated heterocycles. The van der Waals surface area contributed by atoms with Crippen molar-refractivity contribution in [3.8, 4) is 0 Å². The van der Waals surface area contributed by atoms with Gasteiger partial charge in [-0.3, -0.25) is 9.48 Å². The van der Waals surface area contributed by atoms with Crippen molar-refractivity contribution < 1.29 is 4.79 Å². The van der Waals surface area contributed by atoms with Gasteiger partial charge in [0.1, 0.15) is 5.69 Å². The van der Waals surface area contributed by atoms with Gasteiger partial charge in [-0.25, -0.2) is 9.97 Å². The highest BCUT2D eigenvalue weighted by Gasteiger charge is 2.18. The number of nitrogens with zero attached hydrogens (tertiary/aromatic N) is 5. The fourth-order valence-electron chi connectivity index (χ4n) is 2.20. The Balaban J connectivity index is 2.38. The second-order valence-electron chi connectivity index (χ2n) is 6.15. The maximum atomic E-state index is 12.6. The third-order valence-corrected chi connectivity index (χ3v) is 3.71. The van der Waals surface area contributed by atoms with Crippen molar-refractivity contribution >= 4 is 17.5 Å². The van der Waals surface area contributed by atoms with Crippen molar-refractivity contribution in [2.24, 2.45) is 7.05 Å². The molecule has 0 aromatic carbocycles. The summed E-state index contributed by atoms with van der Waals surface area (Å²) in [5.41, 5.74) is 3.61. The maximum Gasteiger partial charge on any atom is 0.274 e. The van der Waals surface area contributed by atoms with Crippen LogP contribution < -0.4 is 10.2 Å². The number of nitrogens with one attached hydrogen (secondary N) is 1. The summed E-state index contributed by atoms with van der Waals surface area (Å²) in [4.78, 5) is 23.2. The lowest BCUT2D eigenvalue weighted by Crippen LogP contribution is -2.20. The van der Waals surface area contributed by atoms with E-state index in [1.807, 2.05) is 48.8 Å². The highest BCUT2D eigenvalue weighted by Crippen LogP contribution is 2.21. The van der Waals surface area contributed by atoms with Gasteiger partial charge in [-0.15, -0.1) is 0 Å². The number of hydrogen-bond donors (Lipinski definition) is 1. The molecule has 0 aliphatic rings. The number of aryl methyl sites for hydroxylation is 2. The summed E-state index contributed by atoms with van der Waals surface area (Å²) in [5, 5.41) is 7.23. The predicted octanol–water partition coefficient (Wildman–Crippen LogP) is 2.27. The van der Waals surface area contributed by atoms with Gasteiger partial charge in [0, 0.05) is 26.8 Å². The van der Waals surface area contributed by atoms with Crippen LogP contribution in [0.15, 0.2) is 6.07 Å². The van der Waals surface area contributed by atoms with Gasteiger partial charge in [-0.05, 0) is 25.8 Å². The number of amides is 1. The zero-order chi connectivity index (χ0) is 17.3. The Kier molecular flexibility index (Phi) is 4.68. The van der Waals surface area contributed by atoms with Gasteiger partial charge >= 0.3 is 0 Å². The van der Waals surface area contributed by atoms with Crippen LogP contribution in [0.3, 0.4) is 0 Å². The molecule has 0 saturated carbocycles. The molecule has 0 aliphatic carbocycles. The molecule has 124 valence electrons. The van der Waals surface area contributed by atoms with E-state index in [2.05, 4.69) is 20.4 Å². The molecule has 0 spiro atoms. The van der Waals surface area contributed by atoms with Gasteiger partial charge in [0.05, 0.1) is 17.1 Å². The lowest BCUT2D eigenvalue weighted by molar-refractivity contribution is 0.102. The largest absolute Gasteiger partial charge is 0.347 e. The minimum Gasteiger partial charge on any atom is -0.347 e. The number of anilines is 2. The zero-order valence-electron chi connectivity index (χ0n) is 14.8. The number of hydrogen-bond acceptors (Lipinski definition) is 5. The molecule has 0 fully saturated rings. The highest BCUT2D eigenvalue weighted by molar-refractivity contribution is 6.03. The van der Waals surface area contributed by atoms with Gasteiger partial charge in [0.2, 0.25) is 5.95 Å². The summed E-state index contributed by atoms with van der Waals surface area (Å²) in [6, 6.07) is 1.74. The minimum absolute atomic E-state index is 0.213. The van der Waals surface area contributed by atoms with Gasteiger partial charge in [0.15, 0.2) is 0 Å². The van der Waals surface area contributed by atoms with E-state index in [0.717, 1.165) is 22.8 Å². The third kappa shape index (κ3) is 3.49. The zero-order valence-corrected chi connectivity index (χ0v) is 14.8. The summed E-state index contributed by atoms with van der Waals surface area (Å²) in [6.45, 7) is 7.87. The molecule has 2 aromatic heterocycles. The second-order valence-corrected chi connectivity index (χ2v) is 6.15. The van der Waals surface area contributed by atoms with E-state index < -0.39 is 0 Å². The molecule has 0 bridgehead atoms. The van der Waals surface area contributed by atoms with Crippen LogP contribution in [-0.2, 0) is 7.05 Å². The molecule has 0 radical (unpaired) electrons. The molecule has 2 rings (SSSR count). The Bertz CT molecular complexity index is 706. The number of aromatic nitrogens is 4. The summed E-state index contributed by atoms with van der Waals surface area (Å²) in [5.74, 6) is 0.489. The number of carbonyl (C=O) groups excluding carboxylic acids is 1. The van der Waals surface area contributed by atoms with Crippen LogP contribution in [-0.4, -0.2) is 39.8 Å². The van der Waals surface area contributed by atoms with Crippen LogP contribution in [0.4, 0.5) is 11.6 Å². The van der Waals surface area contributed by atoms with Crippen LogP contribution in [0.2, 0.25) is 0 Å². The molecular formula is C16H24N6O.